The lowest BCUT2D eigenvalue weighted by Crippen LogP contribution is -2.37. The number of hydrogen-bond acceptors (Lipinski definition) is 9. The van der Waals surface area contributed by atoms with Gasteiger partial charge in [0.2, 0.25) is 5.70 Å². The lowest BCUT2D eigenvalue weighted by Gasteiger charge is -2.24. The molecule has 0 bridgehead atoms. The van der Waals surface area contributed by atoms with Crippen LogP contribution in [0.5, 0.6) is 0 Å². The van der Waals surface area contributed by atoms with E-state index < -0.39 is 37.4 Å². The standard InChI is InChI=1S/C30H57N2O10P/c1-6-8-9-10-11-12-13-14-15-16-17-18-19-20-29(33)39-25-28(42-30(34)22-21-27(7-2)31(35)36)26-41-43(37,38)40-24-23-32(3,4)5/h21,28H,6-20,22-26H2,1-5H3/p+1/b27-21+/t28-/m1/s1. The fourth-order valence-corrected chi connectivity index (χ4v) is 4.83. The molecular weight excluding hydrogens is 579 g/mol. The van der Waals surface area contributed by atoms with E-state index in [1.165, 1.54) is 57.8 Å². The van der Waals surface area contributed by atoms with E-state index in [2.05, 4.69) is 6.92 Å². The van der Waals surface area contributed by atoms with Gasteiger partial charge in [0.15, 0.2) is 6.10 Å². The van der Waals surface area contributed by atoms with Gasteiger partial charge >= 0.3 is 19.8 Å². The van der Waals surface area contributed by atoms with Crippen LogP contribution in [0.1, 0.15) is 117 Å². The van der Waals surface area contributed by atoms with E-state index in [-0.39, 0.29) is 38.2 Å². The van der Waals surface area contributed by atoms with Crippen molar-refractivity contribution in [1.82, 2.24) is 0 Å². The second-order valence-corrected chi connectivity index (χ2v) is 13.4. The highest BCUT2D eigenvalue weighted by Gasteiger charge is 2.27. The zero-order valence-corrected chi connectivity index (χ0v) is 28.2. The first-order valence-electron chi connectivity index (χ1n) is 15.9. The maximum atomic E-state index is 12.3. The molecular formula is C30H58N2O10P+. The second-order valence-electron chi connectivity index (χ2n) is 11.9. The van der Waals surface area contributed by atoms with Crippen molar-refractivity contribution in [2.24, 2.45) is 0 Å². The SMILES string of the molecule is CCCCCCCCCCCCCCCC(=O)OC[C@H](COP(=O)(O)OCC[N+](C)(C)C)OC(=O)C/C=C(\CC)[N+](=O)[O-]. The number of carbonyl (C=O) groups is 2. The molecule has 0 aromatic heterocycles. The number of likely N-dealkylation sites (N-methyl/N-ethyl adjacent to an activating group) is 1. The van der Waals surface area contributed by atoms with Gasteiger partial charge in [0.05, 0.1) is 39.1 Å². The first-order valence-corrected chi connectivity index (χ1v) is 17.4. The summed E-state index contributed by atoms with van der Waals surface area (Å²) >= 11 is 0. The van der Waals surface area contributed by atoms with Gasteiger partial charge in [-0.15, -0.1) is 0 Å². The Balaban J connectivity index is 4.55. The summed E-state index contributed by atoms with van der Waals surface area (Å²) in [6.07, 6.45) is 15.4. The van der Waals surface area contributed by atoms with Crippen molar-refractivity contribution in [2.45, 2.75) is 123 Å². The molecule has 43 heavy (non-hydrogen) atoms. The van der Waals surface area contributed by atoms with Crippen molar-refractivity contribution in [3.05, 3.63) is 21.9 Å². The Morgan fingerprint density at radius 1 is 0.860 bits per heavy atom. The third kappa shape index (κ3) is 26.3. The molecule has 252 valence electrons. The maximum Gasteiger partial charge on any atom is 0.472 e. The number of nitrogens with zero attached hydrogens (tertiary/aromatic N) is 2. The van der Waals surface area contributed by atoms with Crippen LogP contribution in [0.4, 0.5) is 0 Å². The molecule has 0 aromatic carbocycles. The first-order chi connectivity index (χ1) is 20.3. The van der Waals surface area contributed by atoms with Crippen molar-refractivity contribution in [1.29, 1.82) is 0 Å². The molecule has 2 atom stereocenters. The molecule has 0 rings (SSSR count). The van der Waals surface area contributed by atoms with Gasteiger partial charge < -0.3 is 18.9 Å². The maximum absolute atomic E-state index is 12.3. The number of allylic oxidation sites excluding steroid dienone is 1. The smallest absolute Gasteiger partial charge is 0.462 e. The highest BCUT2D eigenvalue weighted by molar-refractivity contribution is 7.47. The number of rotatable bonds is 28. The topological polar surface area (TPSA) is 152 Å². The van der Waals surface area contributed by atoms with Crippen molar-refractivity contribution in [2.75, 3.05) is 47.5 Å². The fraction of sp³-hybridized carbons (Fsp3) is 0.867. The summed E-state index contributed by atoms with van der Waals surface area (Å²) in [5.74, 6) is -1.30. The zero-order valence-electron chi connectivity index (χ0n) is 27.3. The molecule has 0 saturated heterocycles. The quantitative estimate of drug-likeness (QED) is 0.0244. The molecule has 0 aliphatic rings. The molecule has 1 N–H and O–H groups in total. The molecule has 0 heterocycles. The van der Waals surface area contributed by atoms with Gasteiger partial charge in [-0.2, -0.15) is 0 Å². The first kappa shape index (κ1) is 41.1. The number of carbonyl (C=O) groups excluding carboxylic acids is 2. The van der Waals surface area contributed by atoms with E-state index in [1.54, 1.807) is 6.92 Å². The molecule has 0 fully saturated rings. The molecule has 13 heteroatoms. The Morgan fingerprint density at radius 3 is 1.88 bits per heavy atom. The minimum Gasteiger partial charge on any atom is -0.462 e. The average molecular weight is 638 g/mol. The van der Waals surface area contributed by atoms with Crippen LogP contribution in [-0.4, -0.2) is 79.9 Å². The largest absolute Gasteiger partial charge is 0.472 e. The van der Waals surface area contributed by atoms with Crippen molar-refractivity contribution in [3.63, 3.8) is 0 Å². The summed E-state index contributed by atoms with van der Waals surface area (Å²) in [6, 6.07) is 0. The predicted octanol–water partition coefficient (Wildman–Crippen LogP) is 6.72. The lowest BCUT2D eigenvalue weighted by molar-refractivity contribution is -0.870. The van der Waals surface area contributed by atoms with Gasteiger partial charge in [-0.1, -0.05) is 90.9 Å². The molecule has 0 radical (unpaired) electrons. The Bertz CT molecular complexity index is 860. The molecule has 0 aliphatic carbocycles. The summed E-state index contributed by atoms with van der Waals surface area (Å²) in [4.78, 5) is 45.0. The van der Waals surface area contributed by atoms with Crippen molar-refractivity contribution < 1.29 is 47.0 Å². The second kappa shape index (κ2) is 24.5. The molecule has 0 aliphatic heterocycles. The number of phosphoric acid groups is 1. The highest BCUT2D eigenvalue weighted by atomic mass is 31.2. The third-order valence-electron chi connectivity index (χ3n) is 6.75. The summed E-state index contributed by atoms with van der Waals surface area (Å²) in [5, 5.41) is 11.0. The van der Waals surface area contributed by atoms with Crippen LogP contribution in [0.25, 0.3) is 0 Å². The summed E-state index contributed by atoms with van der Waals surface area (Å²) < 4.78 is 33.3. The zero-order chi connectivity index (χ0) is 32.6. The Kier molecular flexibility index (Phi) is 23.4. The Labute approximate surface area is 258 Å². The van der Waals surface area contributed by atoms with Crippen LogP contribution in [0.15, 0.2) is 11.8 Å². The van der Waals surface area contributed by atoms with Gasteiger partial charge in [-0.25, -0.2) is 4.57 Å². The number of ether oxygens (including phenoxy) is 2. The van der Waals surface area contributed by atoms with Crippen LogP contribution in [0.2, 0.25) is 0 Å². The fourth-order valence-electron chi connectivity index (χ4n) is 4.09. The van der Waals surface area contributed by atoms with Crippen LogP contribution >= 0.6 is 7.82 Å². The number of nitro groups is 1. The number of quaternary nitrogens is 1. The van der Waals surface area contributed by atoms with Crippen LogP contribution in [-0.2, 0) is 32.7 Å². The van der Waals surface area contributed by atoms with Crippen LogP contribution in [0.3, 0.4) is 0 Å². The van der Waals surface area contributed by atoms with Gasteiger partial charge in [-0.3, -0.25) is 28.8 Å². The van der Waals surface area contributed by atoms with E-state index in [0.29, 0.717) is 17.4 Å². The Morgan fingerprint density at radius 2 is 1.40 bits per heavy atom. The minimum atomic E-state index is -4.46. The van der Waals surface area contributed by atoms with E-state index >= 15 is 0 Å². The van der Waals surface area contributed by atoms with E-state index in [9.17, 15) is 29.2 Å². The number of esters is 2. The molecule has 0 spiro atoms. The van der Waals surface area contributed by atoms with Gasteiger partial charge in [0.25, 0.3) is 0 Å². The van der Waals surface area contributed by atoms with Crippen LogP contribution in [0, 0.1) is 10.1 Å². The van der Waals surface area contributed by atoms with E-state index in [0.717, 1.165) is 25.3 Å². The average Bonchev–Trinajstić information content (AvgIpc) is 2.92. The molecule has 1 unspecified atom stereocenters. The van der Waals surface area contributed by atoms with Gasteiger partial charge in [-0.05, 0) is 6.42 Å². The third-order valence-corrected chi connectivity index (χ3v) is 7.74. The van der Waals surface area contributed by atoms with E-state index in [1.807, 2.05) is 21.1 Å². The molecule has 12 nitrogen and oxygen atoms in total. The highest BCUT2D eigenvalue weighted by Crippen LogP contribution is 2.43. The molecule has 0 aromatic rings. The normalized spacial score (nSPS) is 14.2. The molecule has 0 saturated carbocycles. The summed E-state index contributed by atoms with van der Waals surface area (Å²) in [5.41, 5.74) is -0.139. The number of phosphoric ester groups is 1. The number of hydrogen-bond donors (Lipinski definition) is 1. The monoisotopic (exact) mass is 637 g/mol. The minimum absolute atomic E-state index is 0.0404. The van der Waals surface area contributed by atoms with Gasteiger partial charge in [0, 0.05) is 18.9 Å². The molecule has 0 amide bonds. The van der Waals surface area contributed by atoms with Crippen LogP contribution < -0.4 is 0 Å². The van der Waals surface area contributed by atoms with E-state index in [4.69, 9.17) is 18.5 Å². The Hall–Kier alpha value is -1.85. The summed E-state index contributed by atoms with van der Waals surface area (Å²) in [7, 11) is 1.22. The lowest BCUT2D eigenvalue weighted by atomic mass is 10.0. The van der Waals surface area contributed by atoms with Crippen molar-refractivity contribution >= 4 is 19.8 Å². The van der Waals surface area contributed by atoms with Crippen molar-refractivity contribution in [3.8, 4) is 0 Å². The summed E-state index contributed by atoms with van der Waals surface area (Å²) in [6.45, 7) is 3.28. The predicted molar refractivity (Wildman–Crippen MR) is 166 cm³/mol. The number of unbranched alkanes of at least 4 members (excludes halogenated alkanes) is 12. The van der Waals surface area contributed by atoms with Gasteiger partial charge in [0.1, 0.15) is 19.8 Å².